The molecule has 0 aliphatic carbocycles. The highest BCUT2D eigenvalue weighted by atomic mass is 19.4. The molecule has 1 aliphatic rings. The molecule has 1 amide bonds. The van der Waals surface area contributed by atoms with E-state index >= 15 is 0 Å². The highest BCUT2D eigenvalue weighted by Gasteiger charge is 2.31. The number of anilines is 1. The summed E-state index contributed by atoms with van der Waals surface area (Å²) in [7, 11) is 0. The third kappa shape index (κ3) is 5.52. The normalized spacial score (nSPS) is 14.8. The van der Waals surface area contributed by atoms with Crippen LogP contribution in [0.5, 0.6) is 0 Å². The lowest BCUT2D eigenvalue weighted by molar-refractivity contribution is -0.137. The smallest absolute Gasteiger partial charge is 0.348 e. The second-order valence-corrected chi connectivity index (χ2v) is 8.96. The maximum atomic E-state index is 13.5. The van der Waals surface area contributed by atoms with Gasteiger partial charge in [-0.2, -0.15) is 18.2 Å². The van der Waals surface area contributed by atoms with E-state index in [4.69, 9.17) is 0 Å². The number of rotatable bonds is 6. The molecule has 4 aromatic rings. The summed E-state index contributed by atoms with van der Waals surface area (Å²) in [5.74, 6) is 0.582. The minimum absolute atomic E-state index is 0.0953. The molecule has 1 saturated heterocycles. The molecule has 2 aromatic heterocycles. The van der Waals surface area contributed by atoms with Crippen molar-refractivity contribution < 1.29 is 18.0 Å². The van der Waals surface area contributed by atoms with Crippen molar-refractivity contribution in [3.63, 3.8) is 0 Å². The summed E-state index contributed by atoms with van der Waals surface area (Å²) in [6.07, 6.45) is -1.45. The van der Waals surface area contributed by atoms with Gasteiger partial charge in [0.1, 0.15) is 17.3 Å². The van der Waals surface area contributed by atoms with Crippen LogP contribution in [0.2, 0.25) is 0 Å². The van der Waals surface area contributed by atoms with Crippen molar-refractivity contribution in [2.75, 3.05) is 31.5 Å². The Hall–Kier alpha value is -4.25. The largest absolute Gasteiger partial charge is 0.416 e. The molecule has 0 radical (unpaired) electrons. The summed E-state index contributed by atoms with van der Waals surface area (Å²) >= 11 is 0. The van der Waals surface area contributed by atoms with Crippen molar-refractivity contribution in [3.8, 4) is 17.2 Å². The SMILES string of the molecule is CC(Nc1nccc(-n2cc(C(=O)N3CCNCC3)nc2-c2cccc(C(F)(F)F)c2)n1)c1ccccc1. The molecule has 1 unspecified atom stereocenters. The molecule has 8 nitrogen and oxygen atoms in total. The van der Waals surface area contributed by atoms with Crippen molar-refractivity contribution in [2.24, 2.45) is 0 Å². The Morgan fingerprint density at radius 1 is 1.03 bits per heavy atom. The van der Waals surface area contributed by atoms with E-state index in [0.29, 0.717) is 37.9 Å². The lowest BCUT2D eigenvalue weighted by atomic mass is 10.1. The quantitative estimate of drug-likeness (QED) is 0.387. The van der Waals surface area contributed by atoms with Crippen LogP contribution in [0.4, 0.5) is 19.1 Å². The Kier molecular flexibility index (Phi) is 7.10. The van der Waals surface area contributed by atoms with E-state index in [1.807, 2.05) is 37.3 Å². The summed E-state index contributed by atoms with van der Waals surface area (Å²) in [5, 5.41) is 6.44. The zero-order chi connectivity index (χ0) is 26.7. The van der Waals surface area contributed by atoms with Crippen LogP contribution in [0.3, 0.4) is 0 Å². The molecule has 3 heterocycles. The maximum absolute atomic E-state index is 13.5. The lowest BCUT2D eigenvalue weighted by Gasteiger charge is -2.26. The van der Waals surface area contributed by atoms with E-state index in [1.54, 1.807) is 17.2 Å². The third-order valence-electron chi connectivity index (χ3n) is 6.31. The molecule has 196 valence electrons. The van der Waals surface area contributed by atoms with Gasteiger partial charge in [0.15, 0.2) is 0 Å². The lowest BCUT2D eigenvalue weighted by Crippen LogP contribution is -2.46. The van der Waals surface area contributed by atoms with Gasteiger partial charge in [0.25, 0.3) is 5.91 Å². The average molecular weight is 522 g/mol. The van der Waals surface area contributed by atoms with Crippen LogP contribution in [0.1, 0.15) is 34.6 Å². The van der Waals surface area contributed by atoms with Crippen LogP contribution in [-0.4, -0.2) is 56.5 Å². The molecule has 2 aromatic carbocycles. The average Bonchev–Trinajstić information content (AvgIpc) is 3.39. The van der Waals surface area contributed by atoms with Crippen LogP contribution >= 0.6 is 0 Å². The Labute approximate surface area is 217 Å². The minimum atomic E-state index is -4.52. The van der Waals surface area contributed by atoms with E-state index in [2.05, 4.69) is 25.6 Å². The van der Waals surface area contributed by atoms with Gasteiger partial charge in [0.2, 0.25) is 5.95 Å². The van der Waals surface area contributed by atoms with Crippen LogP contribution in [0, 0.1) is 0 Å². The van der Waals surface area contributed by atoms with Crippen LogP contribution in [0.15, 0.2) is 73.1 Å². The van der Waals surface area contributed by atoms with Gasteiger partial charge in [-0.1, -0.05) is 42.5 Å². The van der Waals surface area contributed by atoms with Crippen molar-refractivity contribution in [1.82, 2.24) is 29.7 Å². The predicted octanol–water partition coefficient (Wildman–Crippen LogP) is 4.57. The molecule has 1 aliphatic heterocycles. The standard InChI is InChI=1S/C27H26F3N7O/c1-18(19-6-3-2-4-7-19)33-26-32-11-10-23(35-26)37-17-22(25(38)36-14-12-31-13-15-36)34-24(37)20-8-5-9-21(16-20)27(28,29)30/h2-11,16-18,31H,12-15H2,1H3,(H,32,33,35). The highest BCUT2D eigenvalue weighted by Crippen LogP contribution is 2.33. The fourth-order valence-corrected chi connectivity index (χ4v) is 4.30. The summed E-state index contributed by atoms with van der Waals surface area (Å²) in [6, 6.07) is 16.2. The molecule has 0 bridgehead atoms. The zero-order valence-electron chi connectivity index (χ0n) is 20.6. The summed E-state index contributed by atoms with van der Waals surface area (Å²) < 4.78 is 42.0. The Morgan fingerprint density at radius 3 is 2.53 bits per heavy atom. The van der Waals surface area contributed by atoms with Crippen LogP contribution in [-0.2, 0) is 6.18 Å². The number of halogens is 3. The highest BCUT2D eigenvalue weighted by molar-refractivity contribution is 5.93. The first-order chi connectivity index (χ1) is 18.3. The second kappa shape index (κ2) is 10.6. The van der Waals surface area contributed by atoms with E-state index in [-0.39, 0.29) is 29.0 Å². The molecule has 1 fully saturated rings. The van der Waals surface area contributed by atoms with Gasteiger partial charge in [-0.15, -0.1) is 0 Å². The number of benzene rings is 2. The third-order valence-corrected chi connectivity index (χ3v) is 6.31. The van der Waals surface area contributed by atoms with Gasteiger partial charge in [-0.05, 0) is 30.7 Å². The van der Waals surface area contributed by atoms with E-state index in [1.165, 1.54) is 22.9 Å². The molecule has 38 heavy (non-hydrogen) atoms. The topological polar surface area (TPSA) is 88.0 Å². The molecule has 2 N–H and O–H groups in total. The summed E-state index contributed by atoms with van der Waals surface area (Å²) in [5.41, 5.74) is 0.578. The molecular formula is C27H26F3N7O. The number of imidazole rings is 1. The number of aromatic nitrogens is 4. The number of nitrogens with one attached hydrogen (secondary N) is 2. The monoisotopic (exact) mass is 521 g/mol. The van der Waals surface area contributed by atoms with Crippen molar-refractivity contribution in [3.05, 3.63) is 89.9 Å². The first-order valence-corrected chi connectivity index (χ1v) is 12.2. The number of carbonyl (C=O) groups excluding carboxylic acids is 1. The van der Waals surface area contributed by atoms with E-state index in [9.17, 15) is 18.0 Å². The van der Waals surface area contributed by atoms with Crippen molar-refractivity contribution in [1.29, 1.82) is 0 Å². The Morgan fingerprint density at radius 2 is 1.79 bits per heavy atom. The Balaban J connectivity index is 1.54. The number of hydrogen-bond donors (Lipinski definition) is 2. The van der Waals surface area contributed by atoms with Crippen LogP contribution < -0.4 is 10.6 Å². The molecule has 0 spiro atoms. The summed E-state index contributed by atoms with van der Waals surface area (Å²) in [6.45, 7) is 4.33. The number of alkyl halides is 3. The second-order valence-electron chi connectivity index (χ2n) is 8.96. The fraction of sp³-hybridized carbons (Fsp3) is 0.259. The number of amides is 1. The molecule has 11 heteroatoms. The number of hydrogen-bond acceptors (Lipinski definition) is 6. The predicted molar refractivity (Wildman–Crippen MR) is 137 cm³/mol. The van der Waals surface area contributed by atoms with Crippen LogP contribution in [0.25, 0.3) is 17.2 Å². The van der Waals surface area contributed by atoms with Gasteiger partial charge in [-0.3, -0.25) is 9.36 Å². The van der Waals surface area contributed by atoms with E-state index < -0.39 is 11.7 Å². The van der Waals surface area contributed by atoms with E-state index in [0.717, 1.165) is 17.7 Å². The van der Waals surface area contributed by atoms with Crippen molar-refractivity contribution in [2.45, 2.75) is 19.1 Å². The maximum Gasteiger partial charge on any atom is 0.416 e. The fourth-order valence-electron chi connectivity index (χ4n) is 4.30. The summed E-state index contributed by atoms with van der Waals surface area (Å²) in [4.78, 5) is 28.3. The number of carbonyl (C=O) groups is 1. The van der Waals surface area contributed by atoms with Gasteiger partial charge in [-0.25, -0.2) is 9.97 Å². The van der Waals surface area contributed by atoms with Gasteiger partial charge < -0.3 is 15.5 Å². The molecular weight excluding hydrogens is 495 g/mol. The molecule has 0 saturated carbocycles. The first-order valence-electron chi connectivity index (χ1n) is 12.2. The minimum Gasteiger partial charge on any atom is -0.348 e. The molecule has 5 rings (SSSR count). The number of piperazine rings is 1. The van der Waals surface area contributed by atoms with Gasteiger partial charge >= 0.3 is 6.18 Å². The van der Waals surface area contributed by atoms with Gasteiger partial charge in [0.05, 0.1) is 11.6 Å². The first kappa shape index (κ1) is 25.4. The van der Waals surface area contributed by atoms with Crippen molar-refractivity contribution >= 4 is 11.9 Å². The Bertz CT molecular complexity index is 1420. The van der Waals surface area contributed by atoms with Gasteiger partial charge in [0, 0.05) is 44.1 Å². The zero-order valence-corrected chi connectivity index (χ0v) is 20.6. The number of nitrogens with zero attached hydrogens (tertiary/aromatic N) is 5. The molecule has 1 atom stereocenters.